The van der Waals surface area contributed by atoms with E-state index in [9.17, 15) is 4.79 Å². The zero-order valence-electron chi connectivity index (χ0n) is 10.4. The smallest absolute Gasteiger partial charge is 0.211 e. The molecule has 2 nitrogen and oxygen atoms in total. The standard InChI is InChI=1S/C14H19NO/c1-11(2)13(14(3,4)15-10-16)12-8-6-5-7-9-12/h5-9,11,13H,1-4H3. The Labute approximate surface area is 97.4 Å². The zero-order valence-corrected chi connectivity index (χ0v) is 10.4. The summed E-state index contributed by atoms with van der Waals surface area (Å²) in [6.45, 7) is 8.27. The van der Waals surface area contributed by atoms with Crippen LogP contribution in [-0.2, 0) is 4.79 Å². The number of hydrogen-bond donors (Lipinski definition) is 0. The Morgan fingerprint density at radius 1 is 1.19 bits per heavy atom. The minimum atomic E-state index is -0.405. The summed E-state index contributed by atoms with van der Waals surface area (Å²) >= 11 is 0. The fourth-order valence-corrected chi connectivity index (χ4v) is 2.46. The molecule has 0 aromatic heterocycles. The molecule has 0 saturated heterocycles. The van der Waals surface area contributed by atoms with Crippen LogP contribution in [0, 0.1) is 5.92 Å². The molecule has 0 bridgehead atoms. The van der Waals surface area contributed by atoms with Gasteiger partial charge in [-0.1, -0.05) is 44.2 Å². The molecule has 0 saturated carbocycles. The quantitative estimate of drug-likeness (QED) is 0.560. The SMILES string of the molecule is CC(C)C(c1ccccc1)C(C)(C)N=C=O. The molecule has 0 radical (unpaired) electrons. The highest BCUT2D eigenvalue weighted by molar-refractivity contribution is 5.36. The summed E-state index contributed by atoms with van der Waals surface area (Å²) in [5, 5.41) is 0. The summed E-state index contributed by atoms with van der Waals surface area (Å²) in [5.74, 6) is 0.657. The summed E-state index contributed by atoms with van der Waals surface area (Å²) in [4.78, 5) is 14.4. The number of aliphatic imine (C=N–C) groups is 1. The van der Waals surface area contributed by atoms with Crippen LogP contribution in [0.4, 0.5) is 0 Å². The van der Waals surface area contributed by atoms with Gasteiger partial charge in [-0.05, 0) is 25.3 Å². The Balaban J connectivity index is 3.15. The van der Waals surface area contributed by atoms with Crippen LogP contribution in [0.25, 0.3) is 0 Å². The summed E-state index contributed by atoms with van der Waals surface area (Å²) in [6, 6.07) is 10.2. The highest BCUT2D eigenvalue weighted by Crippen LogP contribution is 2.36. The fraction of sp³-hybridized carbons (Fsp3) is 0.500. The lowest BCUT2D eigenvalue weighted by Gasteiger charge is -2.33. The molecule has 0 aliphatic carbocycles. The molecule has 1 unspecified atom stereocenters. The zero-order chi connectivity index (χ0) is 12.2. The number of benzene rings is 1. The molecule has 16 heavy (non-hydrogen) atoms. The molecule has 0 amide bonds. The van der Waals surface area contributed by atoms with Gasteiger partial charge in [-0.2, -0.15) is 4.99 Å². The van der Waals surface area contributed by atoms with Gasteiger partial charge in [0.05, 0.1) is 5.54 Å². The van der Waals surface area contributed by atoms with Crippen molar-refractivity contribution in [2.75, 3.05) is 0 Å². The molecule has 86 valence electrons. The monoisotopic (exact) mass is 217 g/mol. The Morgan fingerprint density at radius 3 is 2.19 bits per heavy atom. The molecule has 2 heteroatoms. The average Bonchev–Trinajstić information content (AvgIpc) is 2.17. The van der Waals surface area contributed by atoms with Crippen molar-refractivity contribution >= 4 is 6.08 Å². The van der Waals surface area contributed by atoms with Crippen molar-refractivity contribution in [3.05, 3.63) is 35.9 Å². The highest BCUT2D eigenvalue weighted by atomic mass is 16.1. The second-order valence-corrected chi connectivity index (χ2v) is 4.99. The molecular weight excluding hydrogens is 198 g/mol. The third-order valence-electron chi connectivity index (χ3n) is 2.92. The second-order valence-electron chi connectivity index (χ2n) is 4.99. The molecule has 1 atom stereocenters. The molecule has 1 aromatic rings. The fourth-order valence-electron chi connectivity index (χ4n) is 2.46. The molecule has 0 aliphatic rings. The maximum absolute atomic E-state index is 10.5. The number of rotatable bonds is 4. The summed E-state index contributed by atoms with van der Waals surface area (Å²) in [7, 11) is 0. The number of carbonyl (C=O) groups excluding carboxylic acids is 1. The van der Waals surface area contributed by atoms with Gasteiger partial charge in [0.1, 0.15) is 0 Å². The molecule has 0 spiro atoms. The van der Waals surface area contributed by atoms with Gasteiger partial charge in [0.2, 0.25) is 6.08 Å². The van der Waals surface area contributed by atoms with E-state index >= 15 is 0 Å². The van der Waals surface area contributed by atoms with Gasteiger partial charge in [0.25, 0.3) is 0 Å². The first-order valence-corrected chi connectivity index (χ1v) is 5.63. The Bertz CT molecular complexity index is 375. The van der Waals surface area contributed by atoms with Crippen LogP contribution in [0.2, 0.25) is 0 Å². The molecule has 0 N–H and O–H groups in total. The Morgan fingerprint density at radius 2 is 1.75 bits per heavy atom. The van der Waals surface area contributed by atoms with Crippen molar-refractivity contribution in [2.45, 2.75) is 39.2 Å². The van der Waals surface area contributed by atoms with Crippen LogP contribution >= 0.6 is 0 Å². The predicted molar refractivity (Wildman–Crippen MR) is 66.2 cm³/mol. The van der Waals surface area contributed by atoms with Crippen molar-refractivity contribution in [1.82, 2.24) is 0 Å². The van der Waals surface area contributed by atoms with Gasteiger partial charge in [-0.15, -0.1) is 0 Å². The van der Waals surface area contributed by atoms with E-state index in [1.807, 2.05) is 32.0 Å². The van der Waals surface area contributed by atoms with Crippen LogP contribution in [-0.4, -0.2) is 11.6 Å². The lowest BCUT2D eigenvalue weighted by molar-refractivity contribution is 0.332. The van der Waals surface area contributed by atoms with Crippen molar-refractivity contribution in [2.24, 2.45) is 10.9 Å². The number of isocyanates is 1. The van der Waals surface area contributed by atoms with Crippen molar-refractivity contribution in [3.63, 3.8) is 0 Å². The van der Waals surface area contributed by atoms with Crippen LogP contribution in [0.15, 0.2) is 35.3 Å². The van der Waals surface area contributed by atoms with Gasteiger partial charge in [-0.25, -0.2) is 4.79 Å². The normalized spacial score (nSPS) is 13.3. The lowest BCUT2D eigenvalue weighted by atomic mass is 9.75. The lowest BCUT2D eigenvalue weighted by Crippen LogP contribution is -2.30. The summed E-state index contributed by atoms with van der Waals surface area (Å²) < 4.78 is 0. The van der Waals surface area contributed by atoms with Gasteiger partial charge in [0, 0.05) is 5.92 Å². The molecule has 0 fully saturated rings. The van der Waals surface area contributed by atoms with Gasteiger partial charge >= 0.3 is 0 Å². The third kappa shape index (κ3) is 2.80. The topological polar surface area (TPSA) is 29.4 Å². The first kappa shape index (κ1) is 12.7. The van der Waals surface area contributed by atoms with Crippen molar-refractivity contribution < 1.29 is 4.79 Å². The average molecular weight is 217 g/mol. The van der Waals surface area contributed by atoms with E-state index in [4.69, 9.17) is 0 Å². The van der Waals surface area contributed by atoms with Crippen molar-refractivity contribution in [1.29, 1.82) is 0 Å². The van der Waals surface area contributed by atoms with E-state index < -0.39 is 5.54 Å². The summed E-state index contributed by atoms with van der Waals surface area (Å²) in [6.07, 6.45) is 1.69. The van der Waals surface area contributed by atoms with E-state index in [1.165, 1.54) is 5.56 Å². The van der Waals surface area contributed by atoms with Crippen LogP contribution in [0.1, 0.15) is 39.2 Å². The largest absolute Gasteiger partial charge is 0.235 e. The van der Waals surface area contributed by atoms with E-state index in [2.05, 4.69) is 31.0 Å². The third-order valence-corrected chi connectivity index (χ3v) is 2.92. The van der Waals surface area contributed by atoms with Crippen LogP contribution < -0.4 is 0 Å². The van der Waals surface area contributed by atoms with Crippen LogP contribution in [0.5, 0.6) is 0 Å². The first-order valence-electron chi connectivity index (χ1n) is 5.63. The van der Waals surface area contributed by atoms with Gasteiger partial charge in [0.15, 0.2) is 0 Å². The summed E-state index contributed by atoms with van der Waals surface area (Å²) in [5.41, 5.74) is 0.818. The predicted octanol–water partition coefficient (Wildman–Crippen LogP) is 3.54. The molecule has 1 rings (SSSR count). The maximum Gasteiger partial charge on any atom is 0.235 e. The van der Waals surface area contributed by atoms with Gasteiger partial charge in [-0.3, -0.25) is 0 Å². The maximum atomic E-state index is 10.5. The first-order chi connectivity index (χ1) is 7.49. The second kappa shape index (κ2) is 5.09. The van der Waals surface area contributed by atoms with E-state index in [-0.39, 0.29) is 5.92 Å². The highest BCUT2D eigenvalue weighted by Gasteiger charge is 2.32. The minimum absolute atomic E-state index is 0.232. The molecule has 0 aliphatic heterocycles. The van der Waals surface area contributed by atoms with Gasteiger partial charge < -0.3 is 0 Å². The Hall–Kier alpha value is -1.40. The molecule has 0 heterocycles. The Kier molecular flexibility index (Phi) is 4.03. The molecular formula is C14H19NO. The van der Waals surface area contributed by atoms with Crippen LogP contribution in [0.3, 0.4) is 0 Å². The van der Waals surface area contributed by atoms with Crippen molar-refractivity contribution in [3.8, 4) is 0 Å². The molecule has 1 aromatic carbocycles. The minimum Gasteiger partial charge on any atom is -0.211 e. The number of nitrogens with zero attached hydrogens (tertiary/aromatic N) is 1. The van der Waals surface area contributed by atoms with E-state index in [0.29, 0.717) is 5.92 Å². The van der Waals surface area contributed by atoms with E-state index in [1.54, 1.807) is 6.08 Å². The number of hydrogen-bond acceptors (Lipinski definition) is 2. The van der Waals surface area contributed by atoms with E-state index in [0.717, 1.165) is 0 Å².